The number of aromatic nitrogens is 3. The minimum absolute atomic E-state index is 0.0333. The Morgan fingerprint density at radius 3 is 1.74 bits per heavy atom. The maximum absolute atomic E-state index is 5.40. The second-order valence-electron chi connectivity index (χ2n) is 13.4. The normalized spacial score (nSPS) is 15.5. The third-order valence-electron chi connectivity index (χ3n) is 10.5. The minimum Gasteiger partial charge on any atom is -0.256 e. The standard InChI is InChI=1S/C47H33N3/c1-6-16-37-30(11-1)25-26-48-46(37)31-21-23-32(24-22-31)47-49-44(42-27-33-12-2-4-14-35(33)38-17-7-9-19-40(38)42)29-45(50-47)43-28-34-13-3-5-15-36(34)39-18-8-10-20-41(39)43/h2-10,12-23,25-29,32H,1,11,24H2. The lowest BCUT2D eigenvalue weighted by molar-refractivity contribution is 0.777. The van der Waals surface area contributed by atoms with Crippen LogP contribution in [-0.4, -0.2) is 15.0 Å². The molecule has 0 fully saturated rings. The molecule has 6 aromatic carbocycles. The molecule has 0 N–H and O–H groups in total. The van der Waals surface area contributed by atoms with Gasteiger partial charge < -0.3 is 0 Å². The highest BCUT2D eigenvalue weighted by atomic mass is 14.9. The molecule has 1 unspecified atom stereocenters. The van der Waals surface area contributed by atoms with E-state index in [2.05, 4.69) is 152 Å². The number of pyridine rings is 1. The van der Waals surface area contributed by atoms with Gasteiger partial charge in [0.25, 0.3) is 0 Å². The van der Waals surface area contributed by atoms with E-state index < -0.39 is 0 Å². The van der Waals surface area contributed by atoms with Crippen LogP contribution in [0.2, 0.25) is 0 Å². The van der Waals surface area contributed by atoms with Crippen LogP contribution in [0.1, 0.15) is 41.4 Å². The van der Waals surface area contributed by atoms with Crippen LogP contribution >= 0.6 is 0 Å². The molecule has 0 spiro atoms. The molecular formula is C47H33N3. The molecule has 50 heavy (non-hydrogen) atoms. The SMILES string of the molecule is C1=Cc2c(ccnc2C2=CCC(c3nc(-c4cc5ccccc5c5ccccc45)cc(-c4cc5ccccc5c5ccccc45)n3)C=C2)CC1. The average Bonchev–Trinajstić information content (AvgIpc) is 3.20. The molecule has 8 aromatic rings. The molecular weight excluding hydrogens is 607 g/mol. The second-order valence-corrected chi connectivity index (χ2v) is 13.4. The van der Waals surface area contributed by atoms with E-state index in [9.17, 15) is 0 Å². The predicted octanol–water partition coefficient (Wildman–Crippen LogP) is 11.9. The molecule has 2 aliphatic carbocycles. The van der Waals surface area contributed by atoms with E-state index in [4.69, 9.17) is 15.0 Å². The molecule has 0 radical (unpaired) electrons. The van der Waals surface area contributed by atoms with Gasteiger partial charge in [-0.2, -0.15) is 0 Å². The number of allylic oxidation sites excluding steroid dienone is 5. The van der Waals surface area contributed by atoms with Crippen molar-refractivity contribution in [1.29, 1.82) is 0 Å². The smallest absolute Gasteiger partial charge is 0.136 e. The first kappa shape index (κ1) is 28.8. The number of benzene rings is 6. The van der Waals surface area contributed by atoms with Crippen molar-refractivity contribution >= 4 is 54.7 Å². The van der Waals surface area contributed by atoms with Crippen molar-refractivity contribution in [2.75, 3.05) is 0 Å². The number of hydrogen-bond donors (Lipinski definition) is 0. The summed E-state index contributed by atoms with van der Waals surface area (Å²) < 4.78 is 0. The third kappa shape index (κ3) is 4.77. The van der Waals surface area contributed by atoms with Crippen LogP contribution in [0.5, 0.6) is 0 Å². The summed E-state index contributed by atoms with van der Waals surface area (Å²) in [4.78, 5) is 15.6. The number of rotatable bonds is 4. The lowest BCUT2D eigenvalue weighted by Crippen LogP contribution is -2.08. The summed E-state index contributed by atoms with van der Waals surface area (Å²) >= 11 is 0. The quantitative estimate of drug-likeness (QED) is 0.180. The van der Waals surface area contributed by atoms with Crippen LogP contribution in [0.3, 0.4) is 0 Å². The Hall–Kier alpha value is -6.19. The van der Waals surface area contributed by atoms with Crippen molar-refractivity contribution in [3.8, 4) is 22.5 Å². The van der Waals surface area contributed by atoms with Crippen molar-refractivity contribution in [3.63, 3.8) is 0 Å². The molecule has 236 valence electrons. The Balaban J connectivity index is 1.17. The van der Waals surface area contributed by atoms with Crippen molar-refractivity contribution in [3.05, 3.63) is 174 Å². The van der Waals surface area contributed by atoms with Gasteiger partial charge in [0.15, 0.2) is 0 Å². The molecule has 0 saturated heterocycles. The number of aryl methyl sites for hydroxylation is 1. The van der Waals surface area contributed by atoms with E-state index in [0.717, 1.165) is 53.3 Å². The summed E-state index contributed by atoms with van der Waals surface area (Å²) in [7, 11) is 0. The minimum atomic E-state index is 0.0333. The highest BCUT2D eigenvalue weighted by Gasteiger charge is 2.22. The summed E-state index contributed by atoms with van der Waals surface area (Å²) in [5, 5.41) is 9.77. The topological polar surface area (TPSA) is 38.7 Å². The van der Waals surface area contributed by atoms with E-state index in [1.54, 1.807) is 0 Å². The van der Waals surface area contributed by atoms with Crippen LogP contribution in [0.15, 0.2) is 152 Å². The Bertz CT molecular complexity index is 2610. The van der Waals surface area contributed by atoms with Gasteiger partial charge in [0.1, 0.15) is 5.82 Å². The number of nitrogens with zero attached hydrogens (tertiary/aromatic N) is 3. The second kappa shape index (κ2) is 11.7. The third-order valence-corrected chi connectivity index (χ3v) is 10.5. The molecule has 1 atom stereocenters. The van der Waals surface area contributed by atoms with Gasteiger partial charge in [-0.3, -0.25) is 4.98 Å². The van der Waals surface area contributed by atoms with Crippen molar-refractivity contribution in [2.24, 2.45) is 0 Å². The largest absolute Gasteiger partial charge is 0.256 e. The fourth-order valence-corrected chi connectivity index (χ4v) is 8.01. The molecule has 3 nitrogen and oxygen atoms in total. The maximum atomic E-state index is 5.40. The van der Waals surface area contributed by atoms with Crippen LogP contribution in [-0.2, 0) is 6.42 Å². The average molecular weight is 640 g/mol. The molecule has 3 heteroatoms. The molecule has 2 heterocycles. The van der Waals surface area contributed by atoms with E-state index in [-0.39, 0.29) is 5.92 Å². The summed E-state index contributed by atoms with van der Waals surface area (Å²) in [5.74, 6) is 0.868. The van der Waals surface area contributed by atoms with Gasteiger partial charge in [0.2, 0.25) is 0 Å². The van der Waals surface area contributed by atoms with Crippen LogP contribution < -0.4 is 0 Å². The molecule has 0 bridgehead atoms. The zero-order chi connectivity index (χ0) is 33.0. The first-order chi connectivity index (χ1) is 24.8. The van der Waals surface area contributed by atoms with Gasteiger partial charge in [-0.15, -0.1) is 0 Å². The Kier molecular flexibility index (Phi) is 6.76. The summed E-state index contributed by atoms with van der Waals surface area (Å²) in [6.07, 6.45) is 16.2. The first-order valence-electron chi connectivity index (χ1n) is 17.5. The van der Waals surface area contributed by atoms with Gasteiger partial charge in [-0.25, -0.2) is 9.97 Å². The van der Waals surface area contributed by atoms with E-state index in [0.29, 0.717) is 0 Å². The van der Waals surface area contributed by atoms with Crippen molar-refractivity contribution < 1.29 is 0 Å². The summed E-state index contributed by atoms with van der Waals surface area (Å²) in [6, 6.07) is 43.7. The van der Waals surface area contributed by atoms with E-state index >= 15 is 0 Å². The van der Waals surface area contributed by atoms with E-state index in [1.807, 2.05) is 6.20 Å². The summed E-state index contributed by atoms with van der Waals surface area (Å²) in [5.41, 5.74) is 8.98. The fraction of sp³-hybridized carbons (Fsp3) is 0.0851. The summed E-state index contributed by atoms with van der Waals surface area (Å²) in [6.45, 7) is 0. The van der Waals surface area contributed by atoms with Gasteiger partial charge in [-0.1, -0.05) is 127 Å². The molecule has 10 rings (SSSR count). The van der Waals surface area contributed by atoms with Gasteiger partial charge in [0.05, 0.1) is 17.1 Å². The van der Waals surface area contributed by atoms with Crippen molar-refractivity contribution in [2.45, 2.75) is 25.2 Å². The number of hydrogen-bond acceptors (Lipinski definition) is 3. The molecule has 0 aliphatic heterocycles. The number of fused-ring (bicyclic) bond motifs is 7. The molecule has 2 aliphatic rings. The van der Waals surface area contributed by atoms with Crippen LogP contribution in [0, 0.1) is 0 Å². The van der Waals surface area contributed by atoms with Gasteiger partial charge in [-0.05, 0) is 97.8 Å². The monoisotopic (exact) mass is 639 g/mol. The molecule has 0 amide bonds. The zero-order valence-corrected chi connectivity index (χ0v) is 27.6. The highest BCUT2D eigenvalue weighted by Crippen LogP contribution is 2.40. The van der Waals surface area contributed by atoms with Gasteiger partial charge in [0, 0.05) is 28.8 Å². The van der Waals surface area contributed by atoms with Gasteiger partial charge >= 0.3 is 0 Å². The lowest BCUT2D eigenvalue weighted by Gasteiger charge is -2.20. The zero-order valence-electron chi connectivity index (χ0n) is 27.6. The molecule has 2 aromatic heterocycles. The highest BCUT2D eigenvalue weighted by molar-refractivity contribution is 6.15. The van der Waals surface area contributed by atoms with Crippen LogP contribution in [0.4, 0.5) is 0 Å². The first-order valence-corrected chi connectivity index (χ1v) is 17.5. The Morgan fingerprint density at radius 2 is 1.14 bits per heavy atom. The Labute approximate surface area is 291 Å². The Morgan fingerprint density at radius 1 is 0.560 bits per heavy atom. The predicted molar refractivity (Wildman–Crippen MR) is 209 cm³/mol. The molecule has 0 saturated carbocycles. The van der Waals surface area contributed by atoms with Crippen LogP contribution in [0.25, 0.3) is 77.3 Å². The maximum Gasteiger partial charge on any atom is 0.136 e. The van der Waals surface area contributed by atoms with Crippen molar-refractivity contribution in [1.82, 2.24) is 15.0 Å². The fourth-order valence-electron chi connectivity index (χ4n) is 8.01. The van der Waals surface area contributed by atoms with E-state index in [1.165, 1.54) is 59.8 Å². The lowest BCUT2D eigenvalue weighted by atomic mass is 9.89.